The zero-order valence-electron chi connectivity index (χ0n) is 20.6. The van der Waals surface area contributed by atoms with Gasteiger partial charge >= 0.3 is 0 Å². The van der Waals surface area contributed by atoms with Crippen LogP contribution < -0.4 is 16.0 Å². The summed E-state index contributed by atoms with van der Waals surface area (Å²) in [5, 5.41) is 4.96. The fourth-order valence-corrected chi connectivity index (χ4v) is 5.01. The Labute approximate surface area is 212 Å². The van der Waals surface area contributed by atoms with Gasteiger partial charge in [0.15, 0.2) is 0 Å². The van der Waals surface area contributed by atoms with E-state index in [-0.39, 0.29) is 11.9 Å². The molecule has 1 amide bonds. The van der Waals surface area contributed by atoms with Crippen LogP contribution in [0.2, 0.25) is 5.02 Å². The number of rotatable bonds is 10. The van der Waals surface area contributed by atoms with Gasteiger partial charge in [0, 0.05) is 42.8 Å². The third kappa shape index (κ3) is 6.31. The molecule has 1 atom stereocenters. The summed E-state index contributed by atoms with van der Waals surface area (Å²) >= 11 is 6.10. The Morgan fingerprint density at radius 1 is 1.20 bits per heavy atom. The molecule has 0 aliphatic carbocycles. The number of H-pyrrole nitrogens is 1. The van der Waals surface area contributed by atoms with E-state index >= 15 is 0 Å². The normalized spacial score (nSPS) is 16.5. The number of fused-ring (bicyclic) bond motifs is 1. The van der Waals surface area contributed by atoms with E-state index in [9.17, 15) is 4.79 Å². The van der Waals surface area contributed by atoms with Gasteiger partial charge < -0.3 is 25.8 Å². The summed E-state index contributed by atoms with van der Waals surface area (Å²) in [4.78, 5) is 29.7. The number of aromatic nitrogens is 3. The lowest BCUT2D eigenvalue weighted by molar-refractivity contribution is -0.123. The molecule has 0 unspecified atom stereocenters. The van der Waals surface area contributed by atoms with Gasteiger partial charge in [-0.3, -0.25) is 4.79 Å². The van der Waals surface area contributed by atoms with Crippen LogP contribution in [-0.2, 0) is 4.79 Å². The van der Waals surface area contributed by atoms with Crippen molar-refractivity contribution in [3.05, 3.63) is 53.4 Å². The van der Waals surface area contributed by atoms with E-state index in [2.05, 4.69) is 43.9 Å². The molecule has 0 radical (unpaired) electrons. The topological polar surface area (TPSA) is 103 Å². The first-order chi connectivity index (χ1) is 16.9. The van der Waals surface area contributed by atoms with Gasteiger partial charge in [-0.2, -0.15) is 0 Å². The molecular weight excluding hydrogens is 462 g/mol. The number of nitrogens with two attached hydrogens (primary N) is 1. The molecule has 188 valence electrons. The lowest BCUT2D eigenvalue weighted by Crippen LogP contribution is -2.53. The maximum absolute atomic E-state index is 13.2. The number of nitrogens with one attached hydrogen (secondary N) is 2. The number of halogens is 1. The molecule has 8 nitrogen and oxygen atoms in total. The van der Waals surface area contributed by atoms with Crippen molar-refractivity contribution in [2.24, 2.45) is 5.73 Å². The largest absolute Gasteiger partial charge is 0.356 e. The fourth-order valence-electron chi connectivity index (χ4n) is 4.89. The van der Waals surface area contributed by atoms with Gasteiger partial charge in [0.25, 0.3) is 0 Å². The number of anilines is 1. The van der Waals surface area contributed by atoms with Gasteiger partial charge in [0.05, 0.1) is 11.4 Å². The molecule has 1 aromatic carbocycles. The average molecular weight is 498 g/mol. The molecule has 0 bridgehead atoms. The van der Waals surface area contributed by atoms with Crippen LogP contribution in [0, 0.1) is 0 Å². The van der Waals surface area contributed by atoms with Gasteiger partial charge in [-0.1, -0.05) is 37.6 Å². The monoisotopic (exact) mass is 497 g/mol. The minimum atomic E-state index is -0.533. The van der Waals surface area contributed by atoms with E-state index in [1.165, 1.54) is 0 Å². The van der Waals surface area contributed by atoms with Crippen LogP contribution in [0.25, 0.3) is 11.0 Å². The minimum absolute atomic E-state index is 0.00416. The summed E-state index contributed by atoms with van der Waals surface area (Å²) in [5.74, 6) is 0.914. The van der Waals surface area contributed by atoms with Crippen LogP contribution in [0.1, 0.15) is 51.1 Å². The van der Waals surface area contributed by atoms with Gasteiger partial charge in [-0.15, -0.1) is 0 Å². The molecule has 3 aromatic rings. The molecule has 1 fully saturated rings. The van der Waals surface area contributed by atoms with Crippen molar-refractivity contribution >= 4 is 34.4 Å². The molecule has 0 saturated carbocycles. The van der Waals surface area contributed by atoms with Gasteiger partial charge in [0.1, 0.15) is 17.8 Å². The van der Waals surface area contributed by atoms with Gasteiger partial charge in [-0.05, 0) is 56.1 Å². The number of carbonyl (C=O) groups excluding carboxylic acids is 1. The number of benzene rings is 1. The van der Waals surface area contributed by atoms with Crippen molar-refractivity contribution in [1.82, 2.24) is 25.2 Å². The molecule has 9 heteroatoms. The Bertz CT molecular complexity index is 1100. The summed E-state index contributed by atoms with van der Waals surface area (Å²) in [6.45, 7) is 8.71. The third-order valence-electron chi connectivity index (χ3n) is 7.14. The highest BCUT2D eigenvalue weighted by molar-refractivity contribution is 6.30. The Morgan fingerprint density at radius 2 is 1.91 bits per heavy atom. The first-order valence-electron chi connectivity index (χ1n) is 12.5. The molecule has 4 rings (SSSR count). The number of hydrogen-bond donors (Lipinski definition) is 3. The highest BCUT2D eigenvalue weighted by Gasteiger charge is 2.34. The van der Waals surface area contributed by atoms with Gasteiger partial charge in [-0.25, -0.2) is 9.97 Å². The van der Waals surface area contributed by atoms with E-state index in [1.807, 2.05) is 36.5 Å². The molecule has 1 aliphatic heterocycles. The smallest absolute Gasteiger partial charge is 0.222 e. The summed E-state index contributed by atoms with van der Waals surface area (Å²) in [7, 11) is 0. The van der Waals surface area contributed by atoms with Crippen LogP contribution in [0.5, 0.6) is 0 Å². The second kappa shape index (κ2) is 11.4. The SMILES string of the molecule is CCN(CC)CC[C@H](NC(=O)CC1(N)CCN(c2ncnc3[nH]ccc23)CC1)c1ccc(Cl)cc1. The first-order valence-corrected chi connectivity index (χ1v) is 12.9. The molecule has 0 spiro atoms. The zero-order valence-corrected chi connectivity index (χ0v) is 21.4. The van der Waals surface area contributed by atoms with E-state index in [4.69, 9.17) is 17.3 Å². The standard InChI is InChI=1S/C26H36ClN7O/c1-3-33(4-2)14-10-22(19-5-7-20(27)8-6-19)32-23(35)17-26(28)11-15-34(16-12-26)25-21-9-13-29-24(21)30-18-31-25/h5-9,13,18,22H,3-4,10-12,14-17,28H2,1-2H3,(H,32,35)(H,29,30,31)/t22-/m0/s1. The zero-order chi connectivity index (χ0) is 24.8. The van der Waals surface area contributed by atoms with Crippen molar-refractivity contribution in [2.75, 3.05) is 37.6 Å². The lowest BCUT2D eigenvalue weighted by Gasteiger charge is -2.39. The second-order valence-corrected chi connectivity index (χ2v) is 9.89. The Morgan fingerprint density at radius 3 is 2.60 bits per heavy atom. The van der Waals surface area contributed by atoms with E-state index in [1.54, 1.807) is 6.33 Å². The maximum atomic E-state index is 13.2. The van der Waals surface area contributed by atoms with Crippen LogP contribution in [-0.4, -0.2) is 64.0 Å². The molecule has 2 aromatic heterocycles. The summed E-state index contributed by atoms with van der Waals surface area (Å²) in [5.41, 5.74) is 8.10. The van der Waals surface area contributed by atoms with Crippen molar-refractivity contribution in [1.29, 1.82) is 0 Å². The predicted molar refractivity (Wildman–Crippen MR) is 142 cm³/mol. The summed E-state index contributed by atoms with van der Waals surface area (Å²) < 4.78 is 0. The molecule has 4 N–H and O–H groups in total. The average Bonchev–Trinajstić information content (AvgIpc) is 3.34. The van der Waals surface area contributed by atoms with Crippen molar-refractivity contribution in [3.8, 4) is 0 Å². The quantitative estimate of drug-likeness (QED) is 0.392. The predicted octanol–water partition coefficient (Wildman–Crippen LogP) is 3.89. The fraction of sp³-hybridized carbons (Fsp3) is 0.500. The molecule has 1 aliphatic rings. The first kappa shape index (κ1) is 25.4. The van der Waals surface area contributed by atoms with Crippen LogP contribution in [0.3, 0.4) is 0 Å². The molecular formula is C26H36ClN7O. The van der Waals surface area contributed by atoms with E-state index < -0.39 is 5.54 Å². The number of nitrogens with zero attached hydrogens (tertiary/aromatic N) is 4. The summed E-state index contributed by atoms with van der Waals surface area (Å²) in [6, 6.07) is 9.67. The maximum Gasteiger partial charge on any atom is 0.222 e. The number of amides is 1. The van der Waals surface area contributed by atoms with E-state index in [0.29, 0.717) is 11.4 Å². The highest BCUT2D eigenvalue weighted by Crippen LogP contribution is 2.30. The summed E-state index contributed by atoms with van der Waals surface area (Å²) in [6.07, 6.45) is 6.05. The third-order valence-corrected chi connectivity index (χ3v) is 7.39. The van der Waals surface area contributed by atoms with Crippen molar-refractivity contribution in [3.63, 3.8) is 0 Å². The molecule has 35 heavy (non-hydrogen) atoms. The minimum Gasteiger partial charge on any atom is -0.356 e. The highest BCUT2D eigenvalue weighted by atomic mass is 35.5. The lowest BCUT2D eigenvalue weighted by atomic mass is 9.85. The number of hydrogen-bond acceptors (Lipinski definition) is 6. The number of carbonyl (C=O) groups is 1. The molecule has 1 saturated heterocycles. The van der Waals surface area contributed by atoms with Crippen molar-refractivity contribution in [2.45, 2.75) is 51.1 Å². The molecule has 3 heterocycles. The number of piperidine rings is 1. The van der Waals surface area contributed by atoms with Crippen molar-refractivity contribution < 1.29 is 4.79 Å². The number of aromatic amines is 1. The van der Waals surface area contributed by atoms with Crippen LogP contribution >= 0.6 is 11.6 Å². The Kier molecular flexibility index (Phi) is 8.26. The Hall–Kier alpha value is -2.68. The van der Waals surface area contributed by atoms with Crippen LogP contribution in [0.15, 0.2) is 42.9 Å². The van der Waals surface area contributed by atoms with E-state index in [0.717, 1.165) is 74.4 Å². The Balaban J connectivity index is 1.38. The van der Waals surface area contributed by atoms with Crippen LogP contribution in [0.4, 0.5) is 5.82 Å². The van der Waals surface area contributed by atoms with Gasteiger partial charge in [0.2, 0.25) is 5.91 Å². The second-order valence-electron chi connectivity index (χ2n) is 9.45.